The van der Waals surface area contributed by atoms with E-state index >= 15 is 0 Å². The number of nitrogens with zero attached hydrogens (tertiary/aromatic N) is 2. The second kappa shape index (κ2) is 10.1. The van der Waals surface area contributed by atoms with Gasteiger partial charge in [0.1, 0.15) is 5.82 Å². The molecule has 0 amide bonds. The van der Waals surface area contributed by atoms with Gasteiger partial charge >= 0.3 is 5.69 Å². The van der Waals surface area contributed by atoms with Crippen LogP contribution in [0.3, 0.4) is 0 Å². The molecule has 3 aromatic rings. The van der Waals surface area contributed by atoms with E-state index in [1.54, 1.807) is 4.57 Å². The summed E-state index contributed by atoms with van der Waals surface area (Å²) in [5, 5.41) is 5.71. The molecule has 0 fully saturated rings. The fraction of sp³-hybridized carbons (Fsp3) is 0.417. The lowest BCUT2D eigenvalue weighted by atomic mass is 10.0. The first-order valence-corrected chi connectivity index (χ1v) is 10.5. The third-order valence-corrected chi connectivity index (χ3v) is 5.22. The van der Waals surface area contributed by atoms with Gasteiger partial charge in [-0.05, 0) is 29.7 Å². The van der Waals surface area contributed by atoms with Crippen LogP contribution in [-0.4, -0.2) is 16.1 Å². The minimum absolute atomic E-state index is 0.205. The van der Waals surface area contributed by atoms with Crippen molar-refractivity contribution in [3.63, 3.8) is 0 Å². The fourth-order valence-electron chi connectivity index (χ4n) is 3.62. The molecule has 0 aliphatic heterocycles. The van der Waals surface area contributed by atoms with Gasteiger partial charge in [0, 0.05) is 18.3 Å². The Kier molecular flexibility index (Phi) is 7.24. The Bertz CT molecular complexity index is 956. The van der Waals surface area contributed by atoms with Crippen LogP contribution in [0.15, 0.2) is 53.5 Å². The summed E-state index contributed by atoms with van der Waals surface area (Å²) < 4.78 is 1.70. The molecular weight excluding hydrogens is 346 g/mol. The first-order chi connectivity index (χ1) is 13.7. The van der Waals surface area contributed by atoms with Crippen molar-refractivity contribution in [2.45, 2.75) is 58.9 Å². The lowest BCUT2D eigenvalue weighted by Crippen LogP contribution is -2.25. The zero-order valence-corrected chi connectivity index (χ0v) is 17.1. The maximum Gasteiger partial charge on any atom is 0.349 e. The van der Waals surface area contributed by atoms with Crippen LogP contribution in [0.1, 0.15) is 56.6 Å². The largest absolute Gasteiger partial charge is 0.370 e. The molecule has 3 rings (SSSR count). The molecule has 1 heterocycles. The highest BCUT2D eigenvalue weighted by Gasteiger charge is 2.07. The van der Waals surface area contributed by atoms with E-state index < -0.39 is 0 Å². The number of aromatic nitrogens is 2. The van der Waals surface area contributed by atoms with Crippen molar-refractivity contribution in [3.8, 4) is 0 Å². The molecule has 0 radical (unpaired) electrons. The first-order valence-electron chi connectivity index (χ1n) is 10.5. The maximum absolute atomic E-state index is 12.6. The van der Waals surface area contributed by atoms with Crippen molar-refractivity contribution in [1.82, 2.24) is 9.55 Å². The molecule has 2 aromatic carbocycles. The zero-order chi connectivity index (χ0) is 19.8. The van der Waals surface area contributed by atoms with Crippen molar-refractivity contribution in [2.24, 2.45) is 0 Å². The predicted octanol–water partition coefficient (Wildman–Crippen LogP) is 5.53. The quantitative estimate of drug-likeness (QED) is 0.473. The monoisotopic (exact) mass is 377 g/mol. The zero-order valence-electron chi connectivity index (χ0n) is 17.1. The molecule has 0 saturated carbocycles. The minimum atomic E-state index is -0.205. The molecule has 4 nitrogen and oxygen atoms in total. The number of benzene rings is 2. The van der Waals surface area contributed by atoms with Crippen LogP contribution in [0.4, 0.5) is 5.82 Å². The van der Waals surface area contributed by atoms with Crippen molar-refractivity contribution >= 4 is 16.6 Å². The fourth-order valence-corrected chi connectivity index (χ4v) is 3.62. The van der Waals surface area contributed by atoms with E-state index in [-0.39, 0.29) is 5.69 Å². The van der Waals surface area contributed by atoms with Gasteiger partial charge in [-0.3, -0.25) is 4.57 Å². The Labute approximate surface area is 167 Å². The van der Waals surface area contributed by atoms with Gasteiger partial charge in [-0.25, -0.2) is 4.79 Å². The number of fused-ring (bicyclic) bond motifs is 1. The summed E-state index contributed by atoms with van der Waals surface area (Å²) in [6.45, 7) is 5.65. The van der Waals surface area contributed by atoms with Gasteiger partial charge in [-0.1, -0.05) is 81.5 Å². The van der Waals surface area contributed by atoms with Gasteiger partial charge in [0.25, 0.3) is 0 Å². The number of anilines is 1. The number of aryl methyl sites for hydroxylation is 1. The molecule has 28 heavy (non-hydrogen) atoms. The summed E-state index contributed by atoms with van der Waals surface area (Å²) >= 11 is 0. The number of unbranched alkanes of at least 4 members (excludes halogenated alkanes) is 5. The average molecular weight is 378 g/mol. The highest BCUT2D eigenvalue weighted by molar-refractivity contribution is 5.85. The van der Waals surface area contributed by atoms with Crippen LogP contribution in [0.2, 0.25) is 0 Å². The van der Waals surface area contributed by atoms with E-state index in [1.165, 1.54) is 42.9 Å². The predicted molar refractivity (Wildman–Crippen MR) is 118 cm³/mol. The van der Waals surface area contributed by atoms with Crippen LogP contribution in [0.25, 0.3) is 10.8 Å². The SMILES string of the molecule is CCCCCCCCNc1nc(=O)n(Cc2cccc3ccccc23)cc1C. The molecule has 0 saturated heterocycles. The van der Waals surface area contributed by atoms with E-state index in [0.29, 0.717) is 12.4 Å². The van der Waals surface area contributed by atoms with Gasteiger partial charge in [-0.2, -0.15) is 4.98 Å². The Hall–Kier alpha value is -2.62. The normalized spacial score (nSPS) is 11.1. The highest BCUT2D eigenvalue weighted by atomic mass is 16.1. The van der Waals surface area contributed by atoms with Gasteiger partial charge in [-0.15, -0.1) is 0 Å². The van der Waals surface area contributed by atoms with Crippen LogP contribution in [0.5, 0.6) is 0 Å². The summed E-state index contributed by atoms with van der Waals surface area (Å²) in [4.78, 5) is 16.8. The average Bonchev–Trinajstić information content (AvgIpc) is 2.71. The smallest absolute Gasteiger partial charge is 0.349 e. The van der Waals surface area contributed by atoms with Crippen molar-refractivity contribution in [2.75, 3.05) is 11.9 Å². The first kappa shape index (κ1) is 20.1. The van der Waals surface area contributed by atoms with Gasteiger partial charge < -0.3 is 5.32 Å². The van der Waals surface area contributed by atoms with E-state index in [9.17, 15) is 4.79 Å². The van der Waals surface area contributed by atoms with Crippen LogP contribution >= 0.6 is 0 Å². The third-order valence-electron chi connectivity index (χ3n) is 5.22. The van der Waals surface area contributed by atoms with Crippen LogP contribution in [0, 0.1) is 6.92 Å². The maximum atomic E-state index is 12.6. The molecular formula is C24H31N3O. The topological polar surface area (TPSA) is 46.9 Å². The van der Waals surface area contributed by atoms with E-state index in [2.05, 4.69) is 41.5 Å². The molecule has 0 aliphatic carbocycles. The molecule has 0 spiro atoms. The second-order valence-corrected chi connectivity index (χ2v) is 7.52. The summed E-state index contributed by atoms with van der Waals surface area (Å²) in [5.74, 6) is 0.715. The highest BCUT2D eigenvalue weighted by Crippen LogP contribution is 2.19. The minimum Gasteiger partial charge on any atom is -0.370 e. The lowest BCUT2D eigenvalue weighted by molar-refractivity contribution is 0.616. The summed E-state index contributed by atoms with van der Waals surface area (Å²) in [6.07, 6.45) is 9.46. The summed E-state index contributed by atoms with van der Waals surface area (Å²) in [6, 6.07) is 14.5. The molecule has 1 N–H and O–H groups in total. The number of nitrogens with one attached hydrogen (secondary N) is 1. The Balaban J connectivity index is 1.64. The molecule has 4 heteroatoms. The lowest BCUT2D eigenvalue weighted by Gasteiger charge is -2.12. The molecule has 148 valence electrons. The molecule has 0 unspecified atom stereocenters. The van der Waals surface area contributed by atoms with E-state index in [1.807, 2.05) is 31.3 Å². The summed E-state index contributed by atoms with van der Waals surface area (Å²) in [7, 11) is 0. The Morgan fingerprint density at radius 1 is 0.964 bits per heavy atom. The van der Waals surface area contributed by atoms with Gasteiger partial charge in [0.05, 0.1) is 6.54 Å². The molecule has 0 atom stereocenters. The number of rotatable bonds is 10. The van der Waals surface area contributed by atoms with E-state index in [4.69, 9.17) is 0 Å². The molecule has 0 bridgehead atoms. The van der Waals surface area contributed by atoms with Crippen LogP contribution < -0.4 is 11.0 Å². The van der Waals surface area contributed by atoms with Gasteiger partial charge in [0.2, 0.25) is 0 Å². The third kappa shape index (κ3) is 5.22. The van der Waals surface area contributed by atoms with Gasteiger partial charge in [0.15, 0.2) is 0 Å². The van der Waals surface area contributed by atoms with Crippen LogP contribution in [-0.2, 0) is 6.54 Å². The number of hydrogen-bond donors (Lipinski definition) is 1. The standard InChI is InChI=1S/C24H31N3O/c1-3-4-5-6-7-10-16-25-23-19(2)17-27(24(28)26-23)18-21-14-11-13-20-12-8-9-15-22(20)21/h8-9,11-15,17H,3-7,10,16,18H2,1-2H3,(H,25,26,28). The number of hydrogen-bond acceptors (Lipinski definition) is 3. The molecule has 1 aromatic heterocycles. The van der Waals surface area contributed by atoms with Crippen molar-refractivity contribution < 1.29 is 0 Å². The van der Waals surface area contributed by atoms with Crippen molar-refractivity contribution in [1.29, 1.82) is 0 Å². The Morgan fingerprint density at radius 3 is 2.57 bits per heavy atom. The second-order valence-electron chi connectivity index (χ2n) is 7.52. The summed E-state index contributed by atoms with van der Waals surface area (Å²) in [5.41, 5.74) is 1.93. The Morgan fingerprint density at radius 2 is 1.71 bits per heavy atom. The molecule has 0 aliphatic rings. The van der Waals surface area contributed by atoms with E-state index in [0.717, 1.165) is 24.1 Å². The van der Waals surface area contributed by atoms with Crippen molar-refractivity contribution in [3.05, 3.63) is 70.3 Å².